The molecule has 2 unspecified atom stereocenters. The number of hydrogen-bond acceptors (Lipinski definition) is 3. The molecule has 0 amide bonds. The monoisotopic (exact) mass is 443 g/mol. The van der Waals surface area contributed by atoms with E-state index in [1.54, 1.807) is 26.4 Å². The number of halogens is 2. The highest BCUT2D eigenvalue weighted by atomic mass is 32.2. The third kappa shape index (κ3) is 6.35. The van der Waals surface area contributed by atoms with Crippen LogP contribution in [-0.4, -0.2) is 20.2 Å². The first-order chi connectivity index (χ1) is 15.0. The van der Waals surface area contributed by atoms with Gasteiger partial charge in [0.1, 0.15) is 5.75 Å². The van der Waals surface area contributed by atoms with Crippen LogP contribution >= 0.6 is 0 Å². The highest BCUT2D eigenvalue weighted by Gasteiger charge is 2.17. The molecule has 0 radical (unpaired) electrons. The van der Waals surface area contributed by atoms with Crippen LogP contribution in [0.15, 0.2) is 71.3 Å². The van der Waals surface area contributed by atoms with Crippen LogP contribution in [0.1, 0.15) is 24.0 Å². The molecular formula is C24H27F2N3OS. The number of hydrogen-bond donors (Lipinski definition) is 3. The number of methoxy groups -OCH3 is 1. The molecule has 7 heteroatoms. The van der Waals surface area contributed by atoms with E-state index in [1.165, 1.54) is 17.7 Å². The molecule has 0 aliphatic carbocycles. The van der Waals surface area contributed by atoms with Crippen molar-refractivity contribution in [1.29, 1.82) is 4.78 Å². The number of aryl methyl sites for hydroxylation is 1. The molecule has 0 aromatic heterocycles. The SMILES string of the molecule is CN/C=C1\C(=C\c2ccc(F)c(F)c2)C=CC(CCCc2ccc(OC)cc2)NS1=N. The molecule has 0 saturated heterocycles. The number of benzene rings is 2. The average Bonchev–Trinajstić information content (AvgIpc) is 2.91. The van der Waals surface area contributed by atoms with Gasteiger partial charge in [0.2, 0.25) is 0 Å². The van der Waals surface area contributed by atoms with E-state index in [4.69, 9.17) is 9.52 Å². The largest absolute Gasteiger partial charge is 0.497 e. The molecule has 3 N–H and O–H groups in total. The van der Waals surface area contributed by atoms with Gasteiger partial charge in [-0.1, -0.05) is 30.4 Å². The fourth-order valence-corrected chi connectivity index (χ4v) is 4.55. The van der Waals surface area contributed by atoms with Crippen LogP contribution in [0.25, 0.3) is 6.08 Å². The lowest BCUT2D eigenvalue weighted by atomic mass is 10.0. The van der Waals surface area contributed by atoms with Gasteiger partial charge >= 0.3 is 0 Å². The second-order valence-corrected chi connectivity index (χ2v) is 8.49. The molecule has 1 aliphatic heterocycles. The van der Waals surface area contributed by atoms with Crippen molar-refractivity contribution in [2.45, 2.75) is 25.3 Å². The van der Waals surface area contributed by atoms with Crippen molar-refractivity contribution in [3.05, 3.63) is 94.1 Å². The minimum absolute atomic E-state index is 0.0511. The highest BCUT2D eigenvalue weighted by Crippen LogP contribution is 2.24. The Bertz CT molecular complexity index is 1020. The van der Waals surface area contributed by atoms with Crippen LogP contribution in [0.5, 0.6) is 5.75 Å². The molecule has 2 aromatic carbocycles. The van der Waals surface area contributed by atoms with Gasteiger partial charge in [0.05, 0.1) is 12.0 Å². The molecule has 2 atom stereocenters. The summed E-state index contributed by atoms with van der Waals surface area (Å²) in [5, 5.41) is 2.99. The van der Waals surface area contributed by atoms with E-state index >= 15 is 0 Å². The lowest BCUT2D eigenvalue weighted by Crippen LogP contribution is -2.28. The fourth-order valence-electron chi connectivity index (χ4n) is 3.32. The number of allylic oxidation sites excluding steroid dienone is 2. The predicted molar refractivity (Wildman–Crippen MR) is 124 cm³/mol. The van der Waals surface area contributed by atoms with E-state index in [0.717, 1.165) is 41.6 Å². The maximum Gasteiger partial charge on any atom is 0.159 e. The number of rotatable bonds is 7. The van der Waals surface area contributed by atoms with E-state index < -0.39 is 22.5 Å². The molecule has 1 heterocycles. The average molecular weight is 444 g/mol. The van der Waals surface area contributed by atoms with Crippen molar-refractivity contribution in [3.63, 3.8) is 0 Å². The first-order valence-corrected chi connectivity index (χ1v) is 11.3. The smallest absolute Gasteiger partial charge is 0.159 e. The maximum atomic E-state index is 13.6. The highest BCUT2D eigenvalue weighted by molar-refractivity contribution is 7.88. The fraction of sp³-hybridized carbons (Fsp3) is 0.250. The van der Waals surface area contributed by atoms with Gasteiger partial charge in [0, 0.05) is 19.3 Å². The lowest BCUT2D eigenvalue weighted by molar-refractivity contribution is 0.414. The summed E-state index contributed by atoms with van der Waals surface area (Å²) in [6, 6.07) is 11.9. The standard InChI is InChI=1S/C24H27F2N3OS/c1-28-16-24-19(14-18-8-13-22(25)23(26)15-18)9-10-20(29-31(24)27)5-3-4-17-6-11-21(30-2)12-7-17/h6-16,20,28H,3-5H2,1-2H3,(H2,27,29)/b19-14+,24-16+. The van der Waals surface area contributed by atoms with Crippen LogP contribution in [-0.2, 0) is 17.3 Å². The van der Waals surface area contributed by atoms with Crippen LogP contribution < -0.4 is 14.8 Å². The zero-order chi connectivity index (χ0) is 22.2. The molecule has 1 aliphatic rings. The van der Waals surface area contributed by atoms with Gasteiger partial charge in [-0.15, -0.1) is 0 Å². The van der Waals surface area contributed by atoms with Crippen molar-refractivity contribution in [3.8, 4) is 5.75 Å². The van der Waals surface area contributed by atoms with E-state index in [0.29, 0.717) is 5.56 Å². The minimum atomic E-state index is -0.958. The zero-order valence-corrected chi connectivity index (χ0v) is 18.4. The topological polar surface area (TPSA) is 57.1 Å². The molecule has 164 valence electrons. The molecule has 2 aromatic rings. The maximum absolute atomic E-state index is 13.6. The van der Waals surface area contributed by atoms with E-state index in [1.807, 2.05) is 24.3 Å². The summed E-state index contributed by atoms with van der Waals surface area (Å²) < 4.78 is 44.0. The molecule has 0 fully saturated rings. The first kappa shape index (κ1) is 22.9. The Morgan fingerprint density at radius 1 is 1.16 bits per heavy atom. The normalized spacial score (nSPS) is 21.3. The van der Waals surface area contributed by atoms with Crippen LogP contribution in [0.4, 0.5) is 8.78 Å². The Kier molecular flexibility index (Phi) is 8.14. The summed E-state index contributed by atoms with van der Waals surface area (Å²) in [6.45, 7) is 0. The quantitative estimate of drug-likeness (QED) is 0.547. The first-order valence-electron chi connectivity index (χ1n) is 10.1. The Morgan fingerprint density at radius 3 is 2.61 bits per heavy atom. The third-order valence-electron chi connectivity index (χ3n) is 4.96. The van der Waals surface area contributed by atoms with Crippen molar-refractivity contribution in [2.24, 2.45) is 0 Å². The Hall–Kier alpha value is -2.77. The van der Waals surface area contributed by atoms with Crippen LogP contribution in [0.3, 0.4) is 0 Å². The second-order valence-electron chi connectivity index (χ2n) is 7.20. The summed E-state index contributed by atoms with van der Waals surface area (Å²) in [5.74, 6) is -0.909. The van der Waals surface area contributed by atoms with E-state index in [-0.39, 0.29) is 6.04 Å². The molecule has 0 bridgehead atoms. The molecular weight excluding hydrogens is 416 g/mol. The van der Waals surface area contributed by atoms with Crippen LogP contribution in [0.2, 0.25) is 0 Å². The van der Waals surface area contributed by atoms with Gasteiger partial charge < -0.3 is 10.1 Å². The van der Waals surface area contributed by atoms with Crippen molar-refractivity contribution < 1.29 is 13.5 Å². The van der Waals surface area contributed by atoms with Gasteiger partial charge in [-0.2, -0.15) is 0 Å². The second kappa shape index (κ2) is 11.0. The minimum Gasteiger partial charge on any atom is -0.497 e. The number of nitrogens with one attached hydrogen (secondary N) is 3. The summed E-state index contributed by atoms with van der Waals surface area (Å²) in [6.07, 6.45) is 10.4. The van der Waals surface area contributed by atoms with Gasteiger partial charge in [-0.05, 0) is 77.2 Å². The summed E-state index contributed by atoms with van der Waals surface area (Å²) in [4.78, 5) is 0.765. The Morgan fingerprint density at radius 2 is 1.94 bits per heavy atom. The summed E-state index contributed by atoms with van der Waals surface area (Å²) >= 11 is 0. The van der Waals surface area contributed by atoms with Crippen molar-refractivity contribution >= 4 is 17.0 Å². The predicted octanol–water partition coefficient (Wildman–Crippen LogP) is 5.26. The van der Waals surface area contributed by atoms with Gasteiger partial charge in [0.25, 0.3) is 0 Å². The zero-order valence-electron chi connectivity index (χ0n) is 17.6. The molecule has 4 nitrogen and oxygen atoms in total. The van der Waals surface area contributed by atoms with Crippen LogP contribution in [0, 0.1) is 16.4 Å². The molecule has 0 saturated carbocycles. The molecule has 0 spiro atoms. The Balaban J connectivity index is 1.72. The summed E-state index contributed by atoms with van der Waals surface area (Å²) in [7, 11) is 2.48. The van der Waals surface area contributed by atoms with Crippen molar-refractivity contribution in [1.82, 2.24) is 10.0 Å². The van der Waals surface area contributed by atoms with Crippen molar-refractivity contribution in [2.75, 3.05) is 14.2 Å². The molecule has 3 rings (SSSR count). The lowest BCUT2D eigenvalue weighted by Gasteiger charge is -2.15. The van der Waals surface area contributed by atoms with Gasteiger partial charge in [-0.25, -0.2) is 13.5 Å². The molecule has 31 heavy (non-hydrogen) atoms. The third-order valence-corrected chi connectivity index (χ3v) is 6.29. The summed E-state index contributed by atoms with van der Waals surface area (Å²) in [5.41, 5.74) is 2.59. The number of ether oxygens (including phenoxy) is 1. The van der Waals surface area contributed by atoms with Gasteiger partial charge in [-0.3, -0.25) is 4.78 Å². The van der Waals surface area contributed by atoms with E-state index in [2.05, 4.69) is 22.2 Å². The van der Waals surface area contributed by atoms with E-state index in [9.17, 15) is 8.78 Å². The Labute approximate surface area is 184 Å². The van der Waals surface area contributed by atoms with Gasteiger partial charge in [0.15, 0.2) is 11.6 Å².